The summed E-state index contributed by atoms with van der Waals surface area (Å²) in [6, 6.07) is 8.77. The topological polar surface area (TPSA) is 95.6 Å². The van der Waals surface area contributed by atoms with E-state index in [1.54, 1.807) is 39.3 Å². The van der Waals surface area contributed by atoms with Crippen LogP contribution in [0, 0.1) is 0 Å². The number of rotatable bonds is 8. The van der Waals surface area contributed by atoms with Crippen LogP contribution in [0.5, 0.6) is 23.0 Å². The zero-order valence-electron chi connectivity index (χ0n) is 19.0. The summed E-state index contributed by atoms with van der Waals surface area (Å²) in [5.74, 6) is 1.97. The van der Waals surface area contributed by atoms with Crippen LogP contribution in [0.15, 0.2) is 30.3 Å². The molecule has 0 spiro atoms. The van der Waals surface area contributed by atoms with Crippen molar-refractivity contribution in [2.75, 3.05) is 46.0 Å². The summed E-state index contributed by atoms with van der Waals surface area (Å²) < 4.78 is 26.8. The molecule has 2 aromatic carbocycles. The number of carbonyl (C=O) groups is 2. The number of methoxy groups -OCH3 is 2. The average molecular weight is 456 g/mol. The standard InChI is InChI=1S/C24H28N2O7/c1-4-31-24(28)12-18-17-11-21(30-3)20(29-2)9-15(17)7-8-26(18)13-23(27)25-16-5-6-19-22(10-16)33-14-32-19/h5-6,9-11,18H,4,7-8,12-14H2,1-3H3,(H,25,27)/t18-/m1/s1. The van der Waals surface area contributed by atoms with Crippen molar-refractivity contribution in [2.24, 2.45) is 0 Å². The van der Waals surface area contributed by atoms with Crippen LogP contribution >= 0.6 is 0 Å². The summed E-state index contributed by atoms with van der Waals surface area (Å²) in [6.07, 6.45) is 0.847. The molecule has 2 aliphatic rings. The summed E-state index contributed by atoms with van der Waals surface area (Å²) in [4.78, 5) is 27.3. The van der Waals surface area contributed by atoms with E-state index in [1.807, 2.05) is 17.0 Å². The molecule has 0 aliphatic carbocycles. The molecule has 9 heteroatoms. The highest BCUT2D eigenvalue weighted by atomic mass is 16.7. The molecule has 0 saturated carbocycles. The number of amides is 1. The van der Waals surface area contributed by atoms with Crippen molar-refractivity contribution in [3.05, 3.63) is 41.5 Å². The molecule has 0 radical (unpaired) electrons. The molecule has 9 nitrogen and oxygen atoms in total. The number of ether oxygens (including phenoxy) is 5. The van der Waals surface area contributed by atoms with Gasteiger partial charge < -0.3 is 29.0 Å². The predicted molar refractivity (Wildman–Crippen MR) is 120 cm³/mol. The average Bonchev–Trinajstić information content (AvgIpc) is 3.27. The predicted octanol–water partition coefficient (Wildman–Crippen LogP) is 2.92. The molecule has 2 aromatic rings. The number of carbonyl (C=O) groups excluding carboxylic acids is 2. The van der Waals surface area contributed by atoms with E-state index in [-0.39, 0.29) is 37.7 Å². The van der Waals surface area contributed by atoms with Gasteiger partial charge in [0.25, 0.3) is 0 Å². The maximum atomic E-state index is 12.9. The van der Waals surface area contributed by atoms with Crippen molar-refractivity contribution in [1.82, 2.24) is 4.90 Å². The highest BCUT2D eigenvalue weighted by Crippen LogP contribution is 2.39. The van der Waals surface area contributed by atoms with Gasteiger partial charge in [0.05, 0.1) is 33.8 Å². The Morgan fingerprint density at radius 2 is 1.85 bits per heavy atom. The van der Waals surface area contributed by atoms with E-state index in [4.69, 9.17) is 23.7 Å². The first-order valence-corrected chi connectivity index (χ1v) is 10.9. The zero-order valence-corrected chi connectivity index (χ0v) is 19.0. The first-order chi connectivity index (χ1) is 16.0. The minimum absolute atomic E-state index is 0.117. The van der Waals surface area contributed by atoms with Crippen LogP contribution in [-0.2, 0) is 20.7 Å². The normalized spacial score (nSPS) is 16.6. The largest absolute Gasteiger partial charge is 0.493 e. The van der Waals surface area contributed by atoms with E-state index in [0.29, 0.717) is 48.3 Å². The Bertz CT molecular complexity index is 1040. The summed E-state index contributed by atoms with van der Waals surface area (Å²) >= 11 is 0. The number of nitrogens with zero attached hydrogens (tertiary/aromatic N) is 1. The van der Waals surface area contributed by atoms with Gasteiger partial charge >= 0.3 is 5.97 Å². The summed E-state index contributed by atoms with van der Waals surface area (Å²) in [5, 5.41) is 2.91. The second-order valence-corrected chi connectivity index (χ2v) is 7.77. The number of benzene rings is 2. The minimum Gasteiger partial charge on any atom is -0.493 e. The van der Waals surface area contributed by atoms with Gasteiger partial charge in [-0.1, -0.05) is 0 Å². The van der Waals surface area contributed by atoms with Crippen LogP contribution in [0.4, 0.5) is 5.69 Å². The van der Waals surface area contributed by atoms with Crippen LogP contribution < -0.4 is 24.3 Å². The monoisotopic (exact) mass is 456 g/mol. The Labute approximate surface area is 192 Å². The lowest BCUT2D eigenvalue weighted by atomic mass is 9.90. The first-order valence-electron chi connectivity index (χ1n) is 10.9. The van der Waals surface area contributed by atoms with Crippen molar-refractivity contribution in [3.8, 4) is 23.0 Å². The summed E-state index contributed by atoms with van der Waals surface area (Å²) in [5.41, 5.74) is 2.62. The van der Waals surface area contributed by atoms with Crippen molar-refractivity contribution < 1.29 is 33.3 Å². The van der Waals surface area contributed by atoms with Gasteiger partial charge in [-0.15, -0.1) is 0 Å². The van der Waals surface area contributed by atoms with Gasteiger partial charge in [-0.3, -0.25) is 14.5 Å². The van der Waals surface area contributed by atoms with Gasteiger partial charge in [-0.25, -0.2) is 0 Å². The molecule has 1 amide bonds. The molecule has 0 aromatic heterocycles. The molecule has 1 N–H and O–H groups in total. The van der Waals surface area contributed by atoms with Gasteiger partial charge in [-0.05, 0) is 48.7 Å². The first kappa shape index (κ1) is 22.7. The maximum absolute atomic E-state index is 12.9. The van der Waals surface area contributed by atoms with E-state index in [1.165, 1.54) is 0 Å². The van der Waals surface area contributed by atoms with E-state index < -0.39 is 0 Å². The molecule has 176 valence electrons. The van der Waals surface area contributed by atoms with Gasteiger partial charge in [0, 0.05) is 24.3 Å². The Balaban J connectivity index is 1.54. The Morgan fingerprint density at radius 1 is 1.09 bits per heavy atom. The highest BCUT2D eigenvalue weighted by molar-refractivity contribution is 5.92. The van der Waals surface area contributed by atoms with Crippen molar-refractivity contribution in [3.63, 3.8) is 0 Å². The SMILES string of the molecule is CCOC(=O)C[C@@H]1c2cc(OC)c(OC)cc2CCN1CC(=O)Nc1ccc2c(c1)OCO2. The third-order valence-electron chi connectivity index (χ3n) is 5.78. The van der Waals surface area contributed by atoms with Gasteiger partial charge in [0.2, 0.25) is 12.7 Å². The van der Waals surface area contributed by atoms with Crippen molar-refractivity contribution >= 4 is 17.6 Å². The third kappa shape index (κ3) is 4.98. The smallest absolute Gasteiger partial charge is 0.307 e. The van der Waals surface area contributed by atoms with Crippen molar-refractivity contribution in [2.45, 2.75) is 25.8 Å². The molecule has 2 aliphatic heterocycles. The lowest BCUT2D eigenvalue weighted by Crippen LogP contribution is -2.41. The molecular formula is C24H28N2O7. The minimum atomic E-state index is -0.324. The molecule has 33 heavy (non-hydrogen) atoms. The summed E-state index contributed by atoms with van der Waals surface area (Å²) in [6.45, 7) is 2.98. The van der Waals surface area contributed by atoms with E-state index in [0.717, 1.165) is 11.1 Å². The number of hydrogen-bond donors (Lipinski definition) is 1. The molecule has 2 heterocycles. The third-order valence-corrected chi connectivity index (χ3v) is 5.78. The molecule has 1 atom stereocenters. The van der Waals surface area contributed by atoms with E-state index in [2.05, 4.69) is 5.32 Å². The Hall–Kier alpha value is -3.46. The Morgan fingerprint density at radius 3 is 2.61 bits per heavy atom. The number of anilines is 1. The maximum Gasteiger partial charge on any atom is 0.307 e. The fraction of sp³-hybridized carbons (Fsp3) is 0.417. The quantitative estimate of drug-likeness (QED) is 0.606. The van der Waals surface area contributed by atoms with Gasteiger partial charge in [-0.2, -0.15) is 0 Å². The summed E-state index contributed by atoms with van der Waals surface area (Å²) in [7, 11) is 3.17. The molecule has 0 saturated heterocycles. The van der Waals surface area contributed by atoms with E-state index in [9.17, 15) is 9.59 Å². The van der Waals surface area contributed by atoms with E-state index >= 15 is 0 Å². The van der Waals surface area contributed by atoms with Crippen LogP contribution in [0.1, 0.15) is 30.5 Å². The molecule has 0 bridgehead atoms. The molecule has 0 fully saturated rings. The van der Waals surface area contributed by atoms with Crippen LogP contribution in [0.2, 0.25) is 0 Å². The second kappa shape index (κ2) is 9.99. The van der Waals surface area contributed by atoms with Crippen LogP contribution in [0.3, 0.4) is 0 Å². The van der Waals surface area contributed by atoms with Crippen LogP contribution in [0.25, 0.3) is 0 Å². The number of esters is 1. The van der Waals surface area contributed by atoms with Gasteiger partial charge in [0.1, 0.15) is 0 Å². The highest BCUT2D eigenvalue weighted by Gasteiger charge is 2.32. The fourth-order valence-corrected chi connectivity index (χ4v) is 4.25. The molecular weight excluding hydrogens is 428 g/mol. The second-order valence-electron chi connectivity index (χ2n) is 7.77. The molecule has 4 rings (SSSR count). The lowest BCUT2D eigenvalue weighted by molar-refractivity contribution is -0.145. The number of fused-ring (bicyclic) bond motifs is 2. The zero-order chi connectivity index (χ0) is 23.4. The number of nitrogens with one attached hydrogen (secondary N) is 1. The lowest BCUT2D eigenvalue weighted by Gasteiger charge is -2.37. The number of hydrogen-bond acceptors (Lipinski definition) is 8. The van der Waals surface area contributed by atoms with Gasteiger partial charge in [0.15, 0.2) is 23.0 Å². The van der Waals surface area contributed by atoms with Crippen LogP contribution in [-0.4, -0.2) is 57.5 Å². The molecule has 0 unspecified atom stereocenters. The Kier molecular flexibility index (Phi) is 6.88. The van der Waals surface area contributed by atoms with Crippen molar-refractivity contribution in [1.29, 1.82) is 0 Å². The fourth-order valence-electron chi connectivity index (χ4n) is 4.25.